The first-order chi connectivity index (χ1) is 17.1. The summed E-state index contributed by atoms with van der Waals surface area (Å²) in [4.78, 5) is 11.9. The zero-order valence-electron chi connectivity index (χ0n) is 20.3. The summed E-state index contributed by atoms with van der Waals surface area (Å²) in [6.45, 7) is 1.08. The smallest absolute Gasteiger partial charge is 0.392 e. The van der Waals surface area contributed by atoms with E-state index in [-0.39, 0.29) is 5.92 Å². The number of unbranched alkanes of at least 4 members (excludes halogenated alkanes) is 1. The van der Waals surface area contributed by atoms with Gasteiger partial charge in [-0.1, -0.05) is 38.3 Å². The summed E-state index contributed by atoms with van der Waals surface area (Å²) in [5.74, 6) is -38.0. The van der Waals surface area contributed by atoms with E-state index in [0.29, 0.717) is 11.5 Å². The molecule has 0 bridgehead atoms. The van der Waals surface area contributed by atoms with Gasteiger partial charge in [0, 0.05) is 6.92 Å². The van der Waals surface area contributed by atoms with Gasteiger partial charge < -0.3 is 4.74 Å². The van der Waals surface area contributed by atoms with E-state index in [0.717, 1.165) is 57.1 Å². The normalized spacial score (nSPS) is 20.4. The van der Waals surface area contributed by atoms with Crippen molar-refractivity contribution in [1.82, 2.24) is 0 Å². The van der Waals surface area contributed by atoms with Crippen molar-refractivity contribution in [2.75, 3.05) is 0 Å². The molecule has 0 radical (unpaired) electrons. The molecule has 0 atom stereocenters. The lowest BCUT2D eigenvalue weighted by atomic mass is 9.77. The topological polar surface area (TPSA) is 26.3 Å². The number of esters is 1. The number of halogens is 12. The first-order valence-electron chi connectivity index (χ1n) is 11.7. The van der Waals surface area contributed by atoms with E-state index in [9.17, 15) is 57.5 Å². The van der Waals surface area contributed by atoms with Crippen molar-refractivity contribution in [2.45, 2.75) is 100 Å². The average Bonchev–Trinajstić information content (AvgIpc) is 2.81. The Balaban J connectivity index is 2.17. The third-order valence-corrected chi connectivity index (χ3v) is 6.75. The maximum Gasteiger partial charge on any atom is 0.473 e. The van der Waals surface area contributed by atoms with Crippen molar-refractivity contribution in [3.8, 4) is 0 Å². The number of carbonyl (C=O) groups excluding carboxylic acids is 1. The van der Waals surface area contributed by atoms with Crippen LogP contribution in [0, 0.1) is 5.92 Å². The molecule has 2 nitrogen and oxygen atoms in total. The molecule has 0 N–H and O–H groups in total. The van der Waals surface area contributed by atoms with Gasteiger partial charge in [-0.2, -0.15) is 52.7 Å². The van der Waals surface area contributed by atoms with Gasteiger partial charge in [-0.15, -0.1) is 0 Å². The molecule has 0 saturated heterocycles. The van der Waals surface area contributed by atoms with Gasteiger partial charge in [0.15, 0.2) is 0 Å². The lowest BCUT2D eigenvalue weighted by molar-refractivity contribution is -0.448. The Morgan fingerprint density at radius 2 is 1.24 bits per heavy atom. The second kappa shape index (κ2) is 10.8. The highest BCUT2D eigenvalue weighted by Crippen LogP contribution is 2.60. The minimum atomic E-state index is -7.79. The SMILES string of the molecule is CCCCC1CCC(c2ccc(C(=O)OC(F)(F)C(F)(F)C(F)(F)C(F)(F)C(F)(F)C(C)(F)F)cc2)CC1. The van der Waals surface area contributed by atoms with Gasteiger partial charge >= 0.3 is 41.7 Å². The highest BCUT2D eigenvalue weighted by atomic mass is 19.4. The Bertz CT molecular complexity index is 946. The first-order valence-corrected chi connectivity index (χ1v) is 11.7. The van der Waals surface area contributed by atoms with Crippen LogP contribution in [0.4, 0.5) is 52.7 Å². The standard InChI is InChI=1S/C24H26F12O2/c1-3-4-5-14-6-8-15(9-7-14)16-10-12-17(13-11-16)18(37)38-24(35,36)23(33,34)22(31,32)21(29,30)20(27,28)19(2,25)26/h10-15H,3-9H2,1-2H3. The third-order valence-electron chi connectivity index (χ3n) is 6.75. The number of hydrogen-bond donors (Lipinski definition) is 0. The number of carbonyl (C=O) groups is 1. The zero-order chi connectivity index (χ0) is 29.4. The van der Waals surface area contributed by atoms with Crippen LogP contribution in [0.3, 0.4) is 0 Å². The fourth-order valence-corrected chi connectivity index (χ4v) is 4.26. The zero-order valence-corrected chi connectivity index (χ0v) is 20.3. The van der Waals surface area contributed by atoms with Crippen LogP contribution in [0.2, 0.25) is 0 Å². The Kier molecular flexibility index (Phi) is 9.10. The Morgan fingerprint density at radius 1 is 0.763 bits per heavy atom. The van der Waals surface area contributed by atoms with Crippen LogP contribution in [0.1, 0.15) is 80.6 Å². The molecule has 0 heterocycles. The van der Waals surface area contributed by atoms with Crippen molar-refractivity contribution in [2.24, 2.45) is 5.92 Å². The molecule has 1 aromatic rings. The molecule has 1 fully saturated rings. The highest BCUT2D eigenvalue weighted by Gasteiger charge is 2.90. The number of benzene rings is 1. The summed E-state index contributed by atoms with van der Waals surface area (Å²) >= 11 is 0. The van der Waals surface area contributed by atoms with Gasteiger partial charge in [0.25, 0.3) is 0 Å². The molecule has 218 valence electrons. The molecule has 38 heavy (non-hydrogen) atoms. The van der Waals surface area contributed by atoms with Crippen LogP contribution in [0.5, 0.6) is 0 Å². The van der Waals surface area contributed by atoms with Gasteiger partial charge in [0.2, 0.25) is 0 Å². The summed E-state index contributed by atoms with van der Waals surface area (Å²) < 4.78 is 165. The van der Waals surface area contributed by atoms with Crippen LogP contribution in [-0.4, -0.2) is 41.7 Å². The van der Waals surface area contributed by atoms with E-state index >= 15 is 0 Å². The molecule has 14 heteroatoms. The summed E-state index contributed by atoms with van der Waals surface area (Å²) in [5.41, 5.74) is -0.192. The molecular weight excluding hydrogens is 548 g/mol. The van der Waals surface area contributed by atoms with Gasteiger partial charge in [0.1, 0.15) is 0 Å². The summed E-state index contributed by atoms with van der Waals surface area (Å²) in [6, 6.07) is 4.29. The first kappa shape index (κ1) is 32.1. The van der Waals surface area contributed by atoms with Crippen molar-refractivity contribution >= 4 is 5.97 Å². The largest absolute Gasteiger partial charge is 0.473 e. The molecule has 0 spiro atoms. The summed E-state index contributed by atoms with van der Waals surface area (Å²) in [6.07, 6.45) is -0.145. The van der Waals surface area contributed by atoms with Crippen LogP contribution in [0.25, 0.3) is 0 Å². The number of hydrogen-bond acceptors (Lipinski definition) is 2. The minimum absolute atomic E-state index is 0.0445. The number of rotatable bonds is 11. The maximum absolute atomic E-state index is 13.9. The van der Waals surface area contributed by atoms with E-state index in [1.165, 1.54) is 12.1 Å². The van der Waals surface area contributed by atoms with Crippen molar-refractivity contribution < 1.29 is 62.2 Å². The predicted molar refractivity (Wildman–Crippen MR) is 111 cm³/mol. The highest BCUT2D eigenvalue weighted by molar-refractivity contribution is 5.89. The molecule has 1 aliphatic rings. The molecule has 1 saturated carbocycles. The van der Waals surface area contributed by atoms with Crippen molar-refractivity contribution in [1.29, 1.82) is 0 Å². The Morgan fingerprint density at radius 3 is 1.68 bits per heavy atom. The lowest BCUT2D eigenvalue weighted by Gasteiger charge is -2.39. The van der Waals surface area contributed by atoms with Gasteiger partial charge in [-0.25, -0.2) is 4.79 Å². The minimum Gasteiger partial charge on any atom is -0.392 e. The second-order valence-corrected chi connectivity index (χ2v) is 9.57. The Labute approximate surface area is 210 Å². The van der Waals surface area contributed by atoms with E-state index in [2.05, 4.69) is 11.7 Å². The lowest BCUT2D eigenvalue weighted by Crippen LogP contribution is -2.70. The molecular formula is C24H26F12O2. The van der Waals surface area contributed by atoms with E-state index < -0.39 is 54.2 Å². The molecule has 1 aromatic carbocycles. The molecule has 0 aromatic heterocycles. The molecule has 0 amide bonds. The molecule has 1 aliphatic carbocycles. The van der Waals surface area contributed by atoms with Gasteiger partial charge in [-0.3, -0.25) is 0 Å². The molecule has 0 aliphatic heterocycles. The second-order valence-electron chi connectivity index (χ2n) is 9.57. The van der Waals surface area contributed by atoms with Gasteiger partial charge in [0.05, 0.1) is 5.56 Å². The monoisotopic (exact) mass is 574 g/mol. The summed E-state index contributed by atoms with van der Waals surface area (Å²) in [5, 5.41) is 0. The van der Waals surface area contributed by atoms with E-state index in [1.54, 1.807) is 0 Å². The van der Waals surface area contributed by atoms with Crippen LogP contribution in [-0.2, 0) is 4.74 Å². The fourth-order valence-electron chi connectivity index (χ4n) is 4.26. The van der Waals surface area contributed by atoms with Crippen LogP contribution in [0.15, 0.2) is 24.3 Å². The molecule has 0 unspecified atom stereocenters. The Hall–Kier alpha value is -2.15. The number of ether oxygens (including phenoxy) is 1. The molecule has 2 rings (SSSR count). The van der Waals surface area contributed by atoms with Gasteiger partial charge in [-0.05, 0) is 55.2 Å². The average molecular weight is 574 g/mol. The third kappa shape index (κ3) is 5.73. The van der Waals surface area contributed by atoms with E-state index in [1.807, 2.05) is 0 Å². The van der Waals surface area contributed by atoms with Crippen LogP contribution < -0.4 is 0 Å². The van der Waals surface area contributed by atoms with Crippen molar-refractivity contribution in [3.63, 3.8) is 0 Å². The summed E-state index contributed by atoms with van der Waals surface area (Å²) in [7, 11) is 0. The van der Waals surface area contributed by atoms with Crippen molar-refractivity contribution in [3.05, 3.63) is 35.4 Å². The maximum atomic E-state index is 13.9. The number of alkyl halides is 12. The fraction of sp³-hybridized carbons (Fsp3) is 0.708. The van der Waals surface area contributed by atoms with Crippen LogP contribution >= 0.6 is 0 Å². The van der Waals surface area contributed by atoms with E-state index in [4.69, 9.17) is 0 Å². The quantitative estimate of drug-likeness (QED) is 0.195. The predicted octanol–water partition coefficient (Wildman–Crippen LogP) is 9.10.